The Morgan fingerprint density at radius 3 is 2.45 bits per heavy atom. The fourth-order valence-electron chi connectivity index (χ4n) is 3.44. The number of rotatable bonds is 11. The molecule has 0 spiro atoms. The molecule has 1 rings (SSSR count). The van der Waals surface area contributed by atoms with Gasteiger partial charge in [0, 0.05) is 26.6 Å². The molecular weight excluding hydrogens is 406 g/mol. The summed E-state index contributed by atoms with van der Waals surface area (Å²) in [6.07, 6.45) is 0.648. The number of hydrogen-bond donors (Lipinski definition) is 6. The van der Waals surface area contributed by atoms with Crippen LogP contribution in [0.15, 0.2) is 4.99 Å². The molecule has 1 saturated heterocycles. The zero-order valence-electron chi connectivity index (χ0n) is 18.4. The van der Waals surface area contributed by atoms with E-state index in [1.54, 1.807) is 6.92 Å². The van der Waals surface area contributed by atoms with Crippen LogP contribution in [0.4, 0.5) is 0 Å². The first-order valence-electron chi connectivity index (χ1n) is 10.5. The van der Waals surface area contributed by atoms with E-state index in [4.69, 9.17) is 11.5 Å². The van der Waals surface area contributed by atoms with Crippen LogP contribution >= 0.6 is 0 Å². The van der Waals surface area contributed by atoms with Crippen molar-refractivity contribution in [2.24, 2.45) is 16.5 Å². The van der Waals surface area contributed by atoms with E-state index in [2.05, 4.69) is 20.9 Å². The lowest BCUT2D eigenvalue weighted by molar-refractivity contribution is -0.142. The van der Waals surface area contributed by atoms with Crippen LogP contribution in [0.5, 0.6) is 0 Å². The summed E-state index contributed by atoms with van der Waals surface area (Å²) in [6, 6.07) is -2.79. The van der Waals surface area contributed by atoms with Crippen molar-refractivity contribution in [2.75, 3.05) is 19.6 Å². The molecule has 176 valence electrons. The highest BCUT2D eigenvalue weighted by atomic mass is 16.3. The minimum absolute atomic E-state index is 0.0809. The van der Waals surface area contributed by atoms with Crippen molar-refractivity contribution in [1.82, 2.24) is 20.9 Å². The van der Waals surface area contributed by atoms with Gasteiger partial charge in [0.1, 0.15) is 18.1 Å². The van der Waals surface area contributed by atoms with Gasteiger partial charge in [0.05, 0.1) is 6.10 Å². The van der Waals surface area contributed by atoms with Crippen molar-refractivity contribution < 1.29 is 24.3 Å². The third-order valence-electron chi connectivity index (χ3n) is 4.87. The fourth-order valence-corrected chi connectivity index (χ4v) is 3.44. The number of likely N-dealkylation sites (tertiary alicyclic amines) is 1. The molecule has 1 heterocycles. The van der Waals surface area contributed by atoms with Crippen LogP contribution < -0.4 is 27.4 Å². The van der Waals surface area contributed by atoms with Gasteiger partial charge in [-0.05, 0) is 39.5 Å². The summed E-state index contributed by atoms with van der Waals surface area (Å²) in [7, 11) is 0. The number of amides is 4. The molecular formula is C19H35N7O5. The second-order valence-electron chi connectivity index (χ2n) is 7.51. The maximum Gasteiger partial charge on any atom is 0.245 e. The predicted molar refractivity (Wildman–Crippen MR) is 115 cm³/mol. The van der Waals surface area contributed by atoms with Crippen molar-refractivity contribution in [3.63, 3.8) is 0 Å². The van der Waals surface area contributed by atoms with E-state index < -0.39 is 42.0 Å². The van der Waals surface area contributed by atoms with Crippen molar-refractivity contribution in [3.8, 4) is 0 Å². The Morgan fingerprint density at radius 1 is 1.23 bits per heavy atom. The summed E-state index contributed by atoms with van der Waals surface area (Å²) in [5.74, 6) is -1.91. The summed E-state index contributed by atoms with van der Waals surface area (Å²) in [6.45, 7) is 5.48. The first-order valence-corrected chi connectivity index (χ1v) is 10.5. The highest BCUT2D eigenvalue weighted by Gasteiger charge is 2.38. The van der Waals surface area contributed by atoms with Gasteiger partial charge in [0.25, 0.3) is 0 Å². The van der Waals surface area contributed by atoms with Crippen molar-refractivity contribution >= 4 is 29.6 Å². The normalized spacial score (nSPS) is 18.5. The van der Waals surface area contributed by atoms with E-state index in [1.807, 2.05) is 0 Å². The molecule has 8 N–H and O–H groups in total. The Morgan fingerprint density at radius 2 is 1.90 bits per heavy atom. The predicted octanol–water partition coefficient (Wildman–Crippen LogP) is -2.46. The summed E-state index contributed by atoms with van der Waals surface area (Å²) in [4.78, 5) is 55.0. The topological polar surface area (TPSA) is 192 Å². The number of guanidine groups is 1. The molecule has 1 aliphatic rings. The Kier molecular flexibility index (Phi) is 10.7. The smallest absolute Gasteiger partial charge is 0.245 e. The van der Waals surface area contributed by atoms with Crippen LogP contribution in [-0.4, -0.2) is 83.5 Å². The summed E-state index contributed by atoms with van der Waals surface area (Å²) < 4.78 is 0. The zero-order chi connectivity index (χ0) is 23.6. The molecule has 4 atom stereocenters. The van der Waals surface area contributed by atoms with E-state index >= 15 is 0 Å². The van der Waals surface area contributed by atoms with Crippen LogP contribution in [0, 0.1) is 0 Å². The number of carbonyl (C=O) groups excluding carboxylic acids is 4. The van der Waals surface area contributed by atoms with Crippen molar-refractivity contribution in [2.45, 2.75) is 70.7 Å². The van der Waals surface area contributed by atoms with E-state index in [9.17, 15) is 24.3 Å². The Bertz CT molecular complexity index is 679. The number of aliphatic imine (C=N–C) groups is 1. The monoisotopic (exact) mass is 441 g/mol. The second kappa shape index (κ2) is 12.7. The van der Waals surface area contributed by atoms with Crippen LogP contribution in [0.25, 0.3) is 0 Å². The van der Waals surface area contributed by atoms with Gasteiger partial charge in [-0.2, -0.15) is 0 Å². The van der Waals surface area contributed by atoms with Gasteiger partial charge >= 0.3 is 0 Å². The average molecular weight is 442 g/mol. The van der Waals surface area contributed by atoms with Gasteiger partial charge in [-0.1, -0.05) is 0 Å². The first-order chi connectivity index (χ1) is 14.6. The van der Waals surface area contributed by atoms with E-state index in [0.29, 0.717) is 32.4 Å². The molecule has 0 aliphatic carbocycles. The Balaban J connectivity index is 2.99. The van der Waals surface area contributed by atoms with Gasteiger partial charge in [-0.3, -0.25) is 24.2 Å². The molecule has 1 aliphatic heterocycles. The molecule has 0 saturated carbocycles. The summed E-state index contributed by atoms with van der Waals surface area (Å²) >= 11 is 0. The maximum absolute atomic E-state index is 13.2. The highest BCUT2D eigenvalue weighted by molar-refractivity contribution is 5.94. The molecule has 31 heavy (non-hydrogen) atoms. The Labute approximate surface area is 182 Å². The lowest BCUT2D eigenvalue weighted by atomic mass is 10.1. The van der Waals surface area contributed by atoms with Gasteiger partial charge in [0.2, 0.25) is 23.6 Å². The minimum Gasteiger partial charge on any atom is -0.391 e. The average Bonchev–Trinajstić information content (AvgIpc) is 3.17. The lowest BCUT2D eigenvalue weighted by Crippen LogP contribution is -2.58. The summed E-state index contributed by atoms with van der Waals surface area (Å²) in [5, 5.41) is 17.6. The number of nitrogens with one attached hydrogen (secondary N) is 3. The standard InChI is InChI=1S/C19H35N7O5/c1-4-22-16(29)14-8-6-10-26(14)18(31)13(7-5-9-23-19(20)21)25-17(30)15(11(2)27)24-12(3)28/h11,13-15,27H,4-10H2,1-3H3,(H,22,29)(H,24,28)(H,25,30)(H4,20,21,23)/t11?,13-,14-,15-/m0/s1. The molecule has 0 bridgehead atoms. The minimum atomic E-state index is -1.22. The molecule has 1 fully saturated rings. The number of likely N-dealkylation sites (N-methyl/N-ethyl adjacent to an activating group) is 1. The van der Waals surface area contributed by atoms with Crippen molar-refractivity contribution in [1.29, 1.82) is 0 Å². The second-order valence-corrected chi connectivity index (χ2v) is 7.51. The molecule has 12 nitrogen and oxygen atoms in total. The van der Waals surface area contributed by atoms with E-state index in [1.165, 1.54) is 18.7 Å². The van der Waals surface area contributed by atoms with Crippen LogP contribution in [0.2, 0.25) is 0 Å². The Hall–Kier alpha value is -2.89. The van der Waals surface area contributed by atoms with Crippen LogP contribution in [0.1, 0.15) is 46.5 Å². The first kappa shape index (κ1) is 26.1. The molecule has 0 aromatic heterocycles. The largest absolute Gasteiger partial charge is 0.391 e. The third kappa shape index (κ3) is 8.40. The quantitative estimate of drug-likeness (QED) is 0.116. The SMILES string of the molecule is CCNC(=O)[C@@H]1CCCN1C(=O)[C@H](CCCN=C(N)N)NC(=O)[C@@H](NC(C)=O)C(C)O. The molecule has 1 unspecified atom stereocenters. The van der Waals surface area contributed by atoms with E-state index in [-0.39, 0.29) is 24.8 Å². The zero-order valence-corrected chi connectivity index (χ0v) is 18.4. The number of carbonyl (C=O) groups is 4. The van der Waals surface area contributed by atoms with Crippen LogP contribution in [-0.2, 0) is 19.2 Å². The fraction of sp³-hybridized carbons (Fsp3) is 0.737. The van der Waals surface area contributed by atoms with Gasteiger partial charge in [-0.15, -0.1) is 0 Å². The van der Waals surface area contributed by atoms with E-state index in [0.717, 1.165) is 0 Å². The van der Waals surface area contributed by atoms with Crippen molar-refractivity contribution in [3.05, 3.63) is 0 Å². The van der Waals surface area contributed by atoms with Gasteiger partial charge in [0.15, 0.2) is 5.96 Å². The lowest BCUT2D eigenvalue weighted by Gasteiger charge is -2.30. The number of nitrogens with two attached hydrogens (primary N) is 2. The maximum atomic E-state index is 13.2. The summed E-state index contributed by atoms with van der Waals surface area (Å²) in [5.41, 5.74) is 10.6. The third-order valence-corrected chi connectivity index (χ3v) is 4.87. The number of nitrogens with zero attached hydrogens (tertiary/aromatic N) is 2. The van der Waals surface area contributed by atoms with Gasteiger partial charge < -0.3 is 37.4 Å². The molecule has 0 radical (unpaired) electrons. The highest BCUT2D eigenvalue weighted by Crippen LogP contribution is 2.20. The molecule has 4 amide bonds. The molecule has 12 heteroatoms. The molecule has 0 aromatic rings. The number of hydrogen-bond acceptors (Lipinski definition) is 6. The van der Waals surface area contributed by atoms with Crippen LogP contribution in [0.3, 0.4) is 0 Å². The number of aliphatic hydroxyl groups excluding tert-OH is 1. The van der Waals surface area contributed by atoms with Gasteiger partial charge in [-0.25, -0.2) is 0 Å². The molecule has 0 aromatic carbocycles. The number of aliphatic hydroxyl groups is 1.